The van der Waals surface area contributed by atoms with Gasteiger partial charge in [-0.15, -0.1) is 0 Å². The van der Waals surface area contributed by atoms with Gasteiger partial charge in [0, 0.05) is 17.1 Å². The highest BCUT2D eigenvalue weighted by Gasteiger charge is 2.16. The third-order valence-corrected chi connectivity index (χ3v) is 4.67. The van der Waals surface area contributed by atoms with Crippen molar-refractivity contribution in [1.82, 2.24) is 9.78 Å². The summed E-state index contributed by atoms with van der Waals surface area (Å²) >= 11 is 11.9. The Morgan fingerprint density at radius 2 is 2.00 bits per heavy atom. The molecule has 0 atom stereocenters. The summed E-state index contributed by atoms with van der Waals surface area (Å²) in [6.45, 7) is 6.50. The molecule has 0 N–H and O–H groups in total. The molecule has 0 amide bonds. The second-order valence-corrected chi connectivity index (χ2v) is 6.93. The number of halogens is 2. The predicted octanol–water partition coefficient (Wildman–Crippen LogP) is 5.65. The van der Waals surface area contributed by atoms with Crippen LogP contribution >= 0.6 is 23.2 Å². The average Bonchev–Trinajstić information content (AvgIpc) is 2.85. The fourth-order valence-corrected chi connectivity index (χ4v) is 3.20. The van der Waals surface area contributed by atoms with Crippen LogP contribution in [-0.4, -0.2) is 22.3 Å². The van der Waals surface area contributed by atoms with E-state index in [4.69, 9.17) is 27.9 Å². The van der Waals surface area contributed by atoms with Crippen molar-refractivity contribution in [3.05, 3.63) is 45.2 Å². The highest BCUT2D eigenvalue weighted by molar-refractivity contribution is 6.35. The van der Waals surface area contributed by atoms with Crippen molar-refractivity contribution in [3.63, 3.8) is 0 Å². The maximum Gasteiger partial charge on any atom is 0.247 e. The first kappa shape index (κ1) is 19.8. The number of rotatable bonds is 8. The van der Waals surface area contributed by atoms with Gasteiger partial charge in [0.25, 0.3) is 0 Å². The van der Waals surface area contributed by atoms with E-state index in [1.165, 1.54) is 10.2 Å². The second kappa shape index (κ2) is 9.25. The molecule has 0 saturated carbocycles. The number of nitrogens with zero attached hydrogens (tertiary/aromatic N) is 2. The topological polar surface area (TPSA) is 44.1 Å². The van der Waals surface area contributed by atoms with Crippen LogP contribution in [0.3, 0.4) is 0 Å². The van der Waals surface area contributed by atoms with Crippen LogP contribution in [0.1, 0.15) is 54.4 Å². The van der Waals surface area contributed by atoms with Gasteiger partial charge in [-0.1, -0.05) is 36.5 Å². The summed E-state index contributed by atoms with van der Waals surface area (Å²) in [4.78, 5) is 12.4. The summed E-state index contributed by atoms with van der Waals surface area (Å²) in [5.41, 5.74) is 3.10. The molecule has 25 heavy (non-hydrogen) atoms. The molecular weight excluding hydrogens is 359 g/mol. The third kappa shape index (κ3) is 5.23. The Kier molecular flexibility index (Phi) is 7.33. The first-order chi connectivity index (χ1) is 11.9. The van der Waals surface area contributed by atoms with Crippen LogP contribution in [0.25, 0.3) is 0 Å². The number of aromatic nitrogens is 2. The zero-order valence-corrected chi connectivity index (χ0v) is 16.5. The fraction of sp³-hybridized carbons (Fsp3) is 0.474. The van der Waals surface area contributed by atoms with Crippen molar-refractivity contribution in [2.45, 2.75) is 52.9 Å². The molecular formula is C19H24Cl2N2O2. The van der Waals surface area contributed by atoms with Gasteiger partial charge in [0.2, 0.25) is 5.91 Å². The standard InChI is InChI=1S/C19H24Cl2N2O2/c1-4-5-7-16-13(2)22-23(14(16)3)19(24)8-6-11-25-18-10-9-15(20)12-17(18)21/h9-10,12H,4-8,11H2,1-3H3. The normalized spacial score (nSPS) is 10.9. The Labute approximate surface area is 159 Å². The summed E-state index contributed by atoms with van der Waals surface area (Å²) in [6.07, 6.45) is 4.18. The third-order valence-electron chi connectivity index (χ3n) is 4.14. The lowest BCUT2D eigenvalue weighted by Gasteiger charge is -2.08. The van der Waals surface area contributed by atoms with E-state index in [0.717, 1.165) is 30.7 Å². The molecule has 2 aromatic rings. The Morgan fingerprint density at radius 1 is 1.24 bits per heavy atom. The van der Waals surface area contributed by atoms with Gasteiger partial charge in [-0.3, -0.25) is 4.79 Å². The molecule has 1 heterocycles. The largest absolute Gasteiger partial charge is 0.492 e. The molecule has 0 spiro atoms. The molecule has 1 aromatic heterocycles. The van der Waals surface area contributed by atoms with Crippen molar-refractivity contribution in [3.8, 4) is 5.75 Å². The lowest BCUT2D eigenvalue weighted by Crippen LogP contribution is -2.15. The molecule has 0 aliphatic carbocycles. The molecule has 0 unspecified atom stereocenters. The SMILES string of the molecule is CCCCc1c(C)nn(C(=O)CCCOc2ccc(Cl)cc2Cl)c1C. The van der Waals surface area contributed by atoms with Crippen molar-refractivity contribution in [1.29, 1.82) is 0 Å². The maximum atomic E-state index is 12.4. The Morgan fingerprint density at radius 3 is 2.68 bits per heavy atom. The van der Waals surface area contributed by atoms with Crippen molar-refractivity contribution in [2.75, 3.05) is 6.61 Å². The average molecular weight is 383 g/mol. The van der Waals surface area contributed by atoms with Gasteiger partial charge >= 0.3 is 0 Å². The van der Waals surface area contributed by atoms with Gasteiger partial charge < -0.3 is 4.74 Å². The molecule has 4 nitrogen and oxygen atoms in total. The number of ether oxygens (including phenoxy) is 1. The molecule has 0 bridgehead atoms. The summed E-state index contributed by atoms with van der Waals surface area (Å²) < 4.78 is 7.16. The van der Waals surface area contributed by atoms with E-state index in [1.54, 1.807) is 18.2 Å². The number of carbonyl (C=O) groups is 1. The van der Waals surface area contributed by atoms with Crippen LogP contribution < -0.4 is 4.74 Å². The van der Waals surface area contributed by atoms with E-state index >= 15 is 0 Å². The number of benzene rings is 1. The van der Waals surface area contributed by atoms with Gasteiger partial charge in [-0.2, -0.15) is 5.10 Å². The zero-order valence-electron chi connectivity index (χ0n) is 14.9. The molecule has 2 rings (SSSR count). The van der Waals surface area contributed by atoms with E-state index in [9.17, 15) is 4.79 Å². The fourth-order valence-electron chi connectivity index (χ4n) is 2.74. The van der Waals surface area contributed by atoms with Gasteiger partial charge in [-0.05, 0) is 56.9 Å². The van der Waals surface area contributed by atoms with Gasteiger partial charge in [-0.25, -0.2) is 4.68 Å². The maximum absolute atomic E-state index is 12.4. The molecule has 6 heteroatoms. The van der Waals surface area contributed by atoms with Crippen LogP contribution in [-0.2, 0) is 6.42 Å². The van der Waals surface area contributed by atoms with E-state index in [-0.39, 0.29) is 5.91 Å². The highest BCUT2D eigenvalue weighted by Crippen LogP contribution is 2.27. The lowest BCUT2D eigenvalue weighted by molar-refractivity contribution is 0.0874. The Balaban J connectivity index is 1.88. The summed E-state index contributed by atoms with van der Waals surface area (Å²) in [6, 6.07) is 5.09. The first-order valence-corrected chi connectivity index (χ1v) is 9.35. The van der Waals surface area contributed by atoms with Crippen LogP contribution in [0, 0.1) is 13.8 Å². The van der Waals surface area contributed by atoms with E-state index in [1.807, 2.05) is 13.8 Å². The van der Waals surface area contributed by atoms with Gasteiger partial charge in [0.15, 0.2) is 0 Å². The van der Waals surface area contributed by atoms with Crippen LogP contribution in [0.15, 0.2) is 18.2 Å². The van der Waals surface area contributed by atoms with Gasteiger partial charge in [0.1, 0.15) is 5.75 Å². The molecule has 0 aliphatic heterocycles. The van der Waals surface area contributed by atoms with Gasteiger partial charge in [0.05, 0.1) is 17.3 Å². The summed E-state index contributed by atoms with van der Waals surface area (Å²) in [5, 5.41) is 5.45. The first-order valence-electron chi connectivity index (χ1n) is 8.60. The molecule has 0 radical (unpaired) electrons. The molecule has 1 aromatic carbocycles. The minimum absolute atomic E-state index is 0.00542. The van der Waals surface area contributed by atoms with Crippen molar-refractivity contribution >= 4 is 29.1 Å². The smallest absolute Gasteiger partial charge is 0.247 e. The van der Waals surface area contributed by atoms with Crippen molar-refractivity contribution < 1.29 is 9.53 Å². The summed E-state index contributed by atoms with van der Waals surface area (Å²) in [5.74, 6) is 0.570. The molecule has 0 aliphatic rings. The lowest BCUT2D eigenvalue weighted by atomic mass is 10.1. The van der Waals surface area contributed by atoms with E-state index in [2.05, 4.69) is 12.0 Å². The number of hydrogen-bond acceptors (Lipinski definition) is 3. The van der Waals surface area contributed by atoms with Crippen LogP contribution in [0.2, 0.25) is 10.0 Å². The Hall–Kier alpha value is -1.52. The quantitative estimate of drug-likeness (QED) is 0.554. The minimum atomic E-state index is -0.00542. The van der Waals surface area contributed by atoms with Crippen LogP contribution in [0.5, 0.6) is 5.75 Å². The minimum Gasteiger partial charge on any atom is -0.492 e. The predicted molar refractivity (Wildman–Crippen MR) is 102 cm³/mol. The number of carbonyl (C=O) groups excluding carboxylic acids is 1. The zero-order chi connectivity index (χ0) is 18.4. The molecule has 0 saturated heterocycles. The molecule has 136 valence electrons. The monoisotopic (exact) mass is 382 g/mol. The number of aryl methyl sites for hydroxylation is 1. The number of unbranched alkanes of at least 4 members (excludes halogenated alkanes) is 1. The van der Waals surface area contributed by atoms with E-state index < -0.39 is 0 Å². The highest BCUT2D eigenvalue weighted by atomic mass is 35.5. The summed E-state index contributed by atoms with van der Waals surface area (Å²) in [7, 11) is 0. The second-order valence-electron chi connectivity index (χ2n) is 6.09. The van der Waals surface area contributed by atoms with Crippen LogP contribution in [0.4, 0.5) is 0 Å². The van der Waals surface area contributed by atoms with E-state index in [0.29, 0.717) is 35.2 Å². The number of hydrogen-bond donors (Lipinski definition) is 0. The molecule has 0 fully saturated rings. The van der Waals surface area contributed by atoms with Crippen molar-refractivity contribution in [2.24, 2.45) is 0 Å². The Bertz CT molecular complexity index is 741.